The molecule has 7 heteroatoms. The van der Waals surface area contributed by atoms with Crippen LogP contribution in [0, 0.1) is 0 Å². The van der Waals surface area contributed by atoms with Crippen molar-refractivity contribution in [2.24, 2.45) is 0 Å². The first-order chi connectivity index (χ1) is 13.4. The fraction of sp³-hybridized carbons (Fsp3) is 0.381. The fourth-order valence-corrected chi connectivity index (χ4v) is 4.31. The van der Waals surface area contributed by atoms with Crippen LogP contribution in [0.1, 0.15) is 31.4 Å². The zero-order chi connectivity index (χ0) is 20.3. The van der Waals surface area contributed by atoms with Gasteiger partial charge in [-0.1, -0.05) is 23.2 Å². The van der Waals surface area contributed by atoms with Gasteiger partial charge in [0.05, 0.1) is 37.0 Å². The first-order valence-electron chi connectivity index (χ1n) is 9.28. The lowest BCUT2D eigenvalue weighted by Crippen LogP contribution is -3.15. The molecule has 150 valence electrons. The third-order valence-electron chi connectivity index (χ3n) is 5.36. The molecule has 0 aromatic heterocycles. The largest absolute Gasteiger partial charge is 0.497 e. The first-order valence-corrected chi connectivity index (χ1v) is 10.0. The molecule has 0 spiro atoms. The van der Waals surface area contributed by atoms with Gasteiger partial charge in [0.1, 0.15) is 17.5 Å². The van der Waals surface area contributed by atoms with Gasteiger partial charge in [-0.3, -0.25) is 4.79 Å². The summed E-state index contributed by atoms with van der Waals surface area (Å²) in [5.41, 5.74) is 1.63. The molecule has 1 heterocycles. The minimum absolute atomic E-state index is 0.0759. The van der Waals surface area contributed by atoms with Gasteiger partial charge in [0.15, 0.2) is 6.04 Å². The third-order valence-corrected chi connectivity index (χ3v) is 5.90. The Bertz CT molecular complexity index is 860. The van der Waals surface area contributed by atoms with E-state index in [9.17, 15) is 4.79 Å². The summed E-state index contributed by atoms with van der Waals surface area (Å²) in [5.74, 6) is 1.53. The molecule has 1 amide bonds. The Morgan fingerprint density at radius 3 is 2.64 bits per heavy atom. The molecule has 1 fully saturated rings. The second kappa shape index (κ2) is 9.03. The minimum Gasteiger partial charge on any atom is -0.497 e. The lowest BCUT2D eigenvalue weighted by Gasteiger charge is -2.28. The van der Waals surface area contributed by atoms with Crippen molar-refractivity contribution in [3.05, 3.63) is 52.0 Å². The van der Waals surface area contributed by atoms with E-state index in [4.69, 9.17) is 32.7 Å². The van der Waals surface area contributed by atoms with E-state index in [1.165, 1.54) is 4.90 Å². The number of carbonyl (C=O) groups is 1. The van der Waals surface area contributed by atoms with Crippen molar-refractivity contribution < 1.29 is 19.2 Å². The number of amides is 1. The topological polar surface area (TPSA) is 52.0 Å². The van der Waals surface area contributed by atoms with Crippen LogP contribution in [0.3, 0.4) is 0 Å². The van der Waals surface area contributed by atoms with E-state index in [-0.39, 0.29) is 18.0 Å². The van der Waals surface area contributed by atoms with Crippen molar-refractivity contribution in [1.29, 1.82) is 0 Å². The highest BCUT2D eigenvalue weighted by atomic mass is 35.5. The molecule has 0 bridgehead atoms. The molecule has 5 nitrogen and oxygen atoms in total. The monoisotopic (exact) mass is 423 g/mol. The summed E-state index contributed by atoms with van der Waals surface area (Å²) in [6, 6.07) is 10.8. The maximum absolute atomic E-state index is 12.9. The summed E-state index contributed by atoms with van der Waals surface area (Å²) < 4.78 is 11.0. The number of benzene rings is 2. The number of rotatable bonds is 6. The second-order valence-corrected chi connectivity index (χ2v) is 7.81. The number of nitrogens with one attached hydrogen (secondary N) is 2. The zero-order valence-electron chi connectivity index (χ0n) is 16.2. The Kier molecular flexibility index (Phi) is 6.70. The van der Waals surface area contributed by atoms with Crippen LogP contribution in [0.5, 0.6) is 11.5 Å². The normalized spacial score (nSPS) is 19.9. The molecule has 1 aliphatic heterocycles. The van der Waals surface area contributed by atoms with Crippen LogP contribution in [-0.2, 0) is 4.79 Å². The van der Waals surface area contributed by atoms with Gasteiger partial charge in [0.2, 0.25) is 0 Å². The molecule has 0 radical (unpaired) electrons. The van der Waals surface area contributed by atoms with Gasteiger partial charge in [-0.2, -0.15) is 0 Å². The molecule has 0 aliphatic carbocycles. The average Bonchev–Trinajstić information content (AvgIpc) is 3.18. The summed E-state index contributed by atoms with van der Waals surface area (Å²) in [5, 5.41) is 3.89. The maximum Gasteiger partial charge on any atom is 0.282 e. The smallest absolute Gasteiger partial charge is 0.282 e. The van der Waals surface area contributed by atoms with Crippen LogP contribution in [0.2, 0.25) is 10.0 Å². The number of anilines is 1. The average molecular weight is 424 g/mol. The lowest BCUT2D eigenvalue weighted by molar-refractivity contribution is -0.932. The molecule has 0 saturated carbocycles. The van der Waals surface area contributed by atoms with Gasteiger partial charge in [-0.25, -0.2) is 0 Å². The summed E-state index contributed by atoms with van der Waals surface area (Å²) in [6.07, 6.45) is 2.03. The Hall–Kier alpha value is -1.95. The number of carbonyl (C=O) groups excluding carboxylic acids is 1. The van der Waals surface area contributed by atoms with Crippen molar-refractivity contribution in [2.75, 3.05) is 26.1 Å². The minimum atomic E-state index is -0.254. The van der Waals surface area contributed by atoms with Crippen LogP contribution in [0.15, 0.2) is 36.4 Å². The standard InChI is InChI=1S/C21H24Cl2N2O3/c1-13(21(26)24-18-8-6-14(22)11-17(18)23)25-10-4-5-19(25)16-12-15(27-2)7-9-20(16)28-3/h6-9,11-13,19H,4-5,10H2,1-3H3,(H,24,26)/p+1/t13-,19+/m0/s1. The number of quaternary nitrogens is 1. The molecule has 1 unspecified atom stereocenters. The van der Waals surface area contributed by atoms with Gasteiger partial charge in [0.25, 0.3) is 5.91 Å². The zero-order valence-corrected chi connectivity index (χ0v) is 17.7. The number of halogens is 2. The van der Waals surface area contributed by atoms with Gasteiger partial charge >= 0.3 is 0 Å². The quantitative estimate of drug-likeness (QED) is 0.743. The molecular formula is C21H25Cl2N2O3+. The van der Waals surface area contributed by atoms with E-state index in [0.717, 1.165) is 36.4 Å². The number of hydrogen-bond donors (Lipinski definition) is 2. The van der Waals surface area contributed by atoms with Crippen molar-refractivity contribution in [3.63, 3.8) is 0 Å². The van der Waals surface area contributed by atoms with E-state index < -0.39 is 0 Å². The van der Waals surface area contributed by atoms with Gasteiger partial charge in [-0.15, -0.1) is 0 Å². The molecular weight excluding hydrogens is 399 g/mol. The SMILES string of the molecule is COc1ccc(OC)c([C@H]2CCC[NH+]2[C@@H](C)C(=O)Nc2ccc(Cl)cc2Cl)c1. The van der Waals surface area contributed by atoms with Gasteiger partial charge in [0, 0.05) is 17.9 Å². The Balaban J connectivity index is 1.81. The predicted molar refractivity (Wildman–Crippen MR) is 112 cm³/mol. The molecule has 1 aliphatic rings. The highest BCUT2D eigenvalue weighted by Gasteiger charge is 2.38. The fourth-order valence-electron chi connectivity index (χ4n) is 3.86. The summed E-state index contributed by atoms with van der Waals surface area (Å²) in [4.78, 5) is 14.1. The number of likely N-dealkylation sites (tertiary alicyclic amines) is 1. The molecule has 1 saturated heterocycles. The van der Waals surface area contributed by atoms with Gasteiger partial charge in [-0.05, 0) is 43.3 Å². The van der Waals surface area contributed by atoms with Crippen LogP contribution in [0.4, 0.5) is 5.69 Å². The summed E-state index contributed by atoms with van der Waals surface area (Å²) in [7, 11) is 3.31. The number of ether oxygens (including phenoxy) is 2. The van der Waals surface area contributed by atoms with Crippen LogP contribution >= 0.6 is 23.2 Å². The Morgan fingerprint density at radius 2 is 1.96 bits per heavy atom. The maximum atomic E-state index is 12.9. The van der Waals surface area contributed by atoms with Crippen molar-refractivity contribution in [1.82, 2.24) is 0 Å². The molecule has 28 heavy (non-hydrogen) atoms. The van der Waals surface area contributed by atoms with Crippen LogP contribution < -0.4 is 19.7 Å². The van der Waals surface area contributed by atoms with E-state index in [2.05, 4.69) is 5.32 Å². The molecule has 2 N–H and O–H groups in total. The first kappa shape index (κ1) is 20.8. The van der Waals surface area contributed by atoms with E-state index in [0.29, 0.717) is 15.7 Å². The number of hydrogen-bond acceptors (Lipinski definition) is 3. The molecule has 2 aromatic carbocycles. The third kappa shape index (κ3) is 4.37. The molecule has 2 aromatic rings. The van der Waals surface area contributed by atoms with E-state index in [1.54, 1.807) is 32.4 Å². The van der Waals surface area contributed by atoms with Crippen molar-refractivity contribution >= 4 is 34.8 Å². The number of methoxy groups -OCH3 is 2. The highest BCUT2D eigenvalue weighted by Crippen LogP contribution is 2.32. The Morgan fingerprint density at radius 1 is 1.18 bits per heavy atom. The van der Waals surface area contributed by atoms with E-state index >= 15 is 0 Å². The molecule has 3 rings (SSSR count). The van der Waals surface area contributed by atoms with Crippen LogP contribution in [0.25, 0.3) is 0 Å². The highest BCUT2D eigenvalue weighted by molar-refractivity contribution is 6.36. The summed E-state index contributed by atoms with van der Waals surface area (Å²) in [6.45, 7) is 2.85. The van der Waals surface area contributed by atoms with Crippen LogP contribution in [-0.4, -0.2) is 32.7 Å². The summed E-state index contributed by atoms with van der Waals surface area (Å²) >= 11 is 12.1. The second-order valence-electron chi connectivity index (χ2n) is 6.96. The Labute approximate surface area is 175 Å². The van der Waals surface area contributed by atoms with Crippen molar-refractivity contribution in [3.8, 4) is 11.5 Å². The van der Waals surface area contributed by atoms with Crippen molar-refractivity contribution in [2.45, 2.75) is 31.8 Å². The molecule has 3 atom stereocenters. The van der Waals surface area contributed by atoms with E-state index in [1.807, 2.05) is 25.1 Å². The van der Waals surface area contributed by atoms with Gasteiger partial charge < -0.3 is 19.7 Å². The predicted octanol–water partition coefficient (Wildman–Crippen LogP) is 3.76. The lowest BCUT2D eigenvalue weighted by atomic mass is 10.0.